The number of hydrogen-bond acceptors (Lipinski definition) is 2. The third kappa shape index (κ3) is 3.06. The highest BCUT2D eigenvalue weighted by atomic mass is 15.3. The molecule has 1 aromatic rings. The summed E-state index contributed by atoms with van der Waals surface area (Å²) in [5, 5.41) is 7.80. The monoisotopic (exact) mass is 209 g/mol. The van der Waals surface area contributed by atoms with Crippen LogP contribution in [-0.2, 0) is 7.05 Å². The van der Waals surface area contributed by atoms with Gasteiger partial charge in [0.25, 0.3) is 0 Å². The van der Waals surface area contributed by atoms with Crippen LogP contribution in [0.25, 0.3) is 0 Å². The molecule has 1 N–H and O–H groups in total. The lowest BCUT2D eigenvalue weighted by Crippen LogP contribution is -2.34. The van der Waals surface area contributed by atoms with E-state index in [9.17, 15) is 0 Å². The number of hydrogen-bond donors (Lipinski definition) is 1. The Kier molecular flexibility index (Phi) is 4.33. The van der Waals surface area contributed by atoms with Crippen molar-refractivity contribution in [1.82, 2.24) is 15.1 Å². The van der Waals surface area contributed by atoms with E-state index in [0.29, 0.717) is 18.0 Å². The topological polar surface area (TPSA) is 29.9 Å². The second-order valence-corrected chi connectivity index (χ2v) is 4.44. The van der Waals surface area contributed by atoms with Crippen LogP contribution in [0.4, 0.5) is 0 Å². The van der Waals surface area contributed by atoms with E-state index in [0.717, 1.165) is 0 Å². The van der Waals surface area contributed by atoms with Crippen LogP contribution in [0.2, 0.25) is 0 Å². The van der Waals surface area contributed by atoms with Gasteiger partial charge in [-0.05, 0) is 25.8 Å². The number of aromatic nitrogens is 2. The first kappa shape index (κ1) is 12.2. The minimum absolute atomic E-state index is 0.363. The summed E-state index contributed by atoms with van der Waals surface area (Å²) in [6.07, 6.45) is 3.06. The Morgan fingerprint density at radius 1 is 1.40 bits per heavy atom. The van der Waals surface area contributed by atoms with E-state index in [1.807, 2.05) is 17.9 Å². The summed E-state index contributed by atoms with van der Waals surface area (Å²) in [7, 11) is 1.99. The average Bonchev–Trinajstić information content (AvgIpc) is 2.63. The zero-order chi connectivity index (χ0) is 11.4. The first-order chi connectivity index (χ1) is 7.06. The Balaban J connectivity index is 2.56. The minimum atomic E-state index is 0.363. The fourth-order valence-electron chi connectivity index (χ4n) is 1.81. The molecule has 1 rings (SSSR count). The maximum absolute atomic E-state index is 4.19. The molecule has 86 valence electrons. The molecule has 0 aliphatic carbocycles. The van der Waals surface area contributed by atoms with E-state index in [4.69, 9.17) is 0 Å². The van der Waals surface area contributed by atoms with Gasteiger partial charge in [0.2, 0.25) is 0 Å². The van der Waals surface area contributed by atoms with Crippen molar-refractivity contribution in [3.8, 4) is 0 Å². The van der Waals surface area contributed by atoms with Gasteiger partial charge in [0.15, 0.2) is 0 Å². The van der Waals surface area contributed by atoms with Crippen molar-refractivity contribution in [2.75, 3.05) is 0 Å². The molecule has 0 aliphatic rings. The maximum Gasteiger partial charge on any atom is 0.0547 e. The van der Waals surface area contributed by atoms with E-state index in [1.165, 1.54) is 12.1 Å². The predicted molar refractivity (Wildman–Crippen MR) is 63.7 cm³/mol. The van der Waals surface area contributed by atoms with Crippen LogP contribution in [0.15, 0.2) is 12.3 Å². The van der Waals surface area contributed by atoms with Crippen molar-refractivity contribution >= 4 is 0 Å². The summed E-state index contributed by atoms with van der Waals surface area (Å²) < 4.78 is 1.93. The third-order valence-corrected chi connectivity index (χ3v) is 3.31. The summed E-state index contributed by atoms with van der Waals surface area (Å²) >= 11 is 0. The van der Waals surface area contributed by atoms with Gasteiger partial charge >= 0.3 is 0 Å². The van der Waals surface area contributed by atoms with Gasteiger partial charge in [-0.3, -0.25) is 4.68 Å². The first-order valence-corrected chi connectivity index (χ1v) is 5.80. The smallest absolute Gasteiger partial charge is 0.0547 e. The van der Waals surface area contributed by atoms with Crippen LogP contribution in [0.3, 0.4) is 0 Å². The maximum atomic E-state index is 4.19. The van der Waals surface area contributed by atoms with Crippen molar-refractivity contribution in [2.24, 2.45) is 13.0 Å². The highest BCUT2D eigenvalue weighted by Gasteiger charge is 2.15. The van der Waals surface area contributed by atoms with Crippen LogP contribution in [-0.4, -0.2) is 15.8 Å². The Bertz CT molecular complexity index is 293. The molecular weight excluding hydrogens is 186 g/mol. The van der Waals surface area contributed by atoms with Gasteiger partial charge in [-0.25, -0.2) is 0 Å². The Morgan fingerprint density at radius 2 is 2.07 bits per heavy atom. The molecule has 0 amide bonds. The van der Waals surface area contributed by atoms with Gasteiger partial charge in [-0.2, -0.15) is 5.10 Å². The highest BCUT2D eigenvalue weighted by molar-refractivity contribution is 5.05. The number of nitrogens with one attached hydrogen (secondary N) is 1. The predicted octanol–water partition coefficient (Wildman–Crippen LogP) is 2.51. The van der Waals surface area contributed by atoms with Crippen LogP contribution in [0.5, 0.6) is 0 Å². The lowest BCUT2D eigenvalue weighted by molar-refractivity contribution is 0.353. The summed E-state index contributed by atoms with van der Waals surface area (Å²) in [5.74, 6) is 0.709. The molecule has 0 spiro atoms. The SMILES string of the molecule is CCC(C)C(C)NC(C)c1ccnn1C. The normalized spacial score (nSPS) is 17.4. The van der Waals surface area contributed by atoms with Gasteiger partial charge in [0, 0.05) is 25.3 Å². The number of rotatable bonds is 5. The van der Waals surface area contributed by atoms with E-state index < -0.39 is 0 Å². The van der Waals surface area contributed by atoms with Gasteiger partial charge in [0.05, 0.1) is 5.69 Å². The molecule has 3 unspecified atom stereocenters. The standard InChI is InChI=1S/C12H23N3/c1-6-9(2)10(3)14-11(4)12-7-8-13-15(12)5/h7-11,14H,6H2,1-5H3. The van der Waals surface area contributed by atoms with Crippen molar-refractivity contribution in [2.45, 2.75) is 46.2 Å². The summed E-state index contributed by atoms with van der Waals surface area (Å²) in [5.41, 5.74) is 1.24. The van der Waals surface area contributed by atoms with Crippen molar-refractivity contribution in [3.05, 3.63) is 18.0 Å². The molecule has 3 heteroatoms. The average molecular weight is 209 g/mol. The zero-order valence-electron chi connectivity index (χ0n) is 10.5. The van der Waals surface area contributed by atoms with E-state index in [2.05, 4.69) is 44.2 Å². The molecule has 0 aliphatic heterocycles. The minimum Gasteiger partial charge on any atom is -0.306 e. The summed E-state index contributed by atoms with van der Waals surface area (Å²) in [6.45, 7) is 8.96. The summed E-state index contributed by atoms with van der Waals surface area (Å²) in [6, 6.07) is 2.97. The zero-order valence-corrected chi connectivity index (χ0v) is 10.5. The fraction of sp³-hybridized carbons (Fsp3) is 0.750. The van der Waals surface area contributed by atoms with E-state index in [1.54, 1.807) is 0 Å². The molecule has 0 bridgehead atoms. The van der Waals surface area contributed by atoms with Crippen LogP contribution in [0.1, 0.15) is 45.9 Å². The van der Waals surface area contributed by atoms with Gasteiger partial charge in [-0.15, -0.1) is 0 Å². The van der Waals surface area contributed by atoms with Gasteiger partial charge in [0.1, 0.15) is 0 Å². The molecule has 15 heavy (non-hydrogen) atoms. The Hall–Kier alpha value is -0.830. The van der Waals surface area contributed by atoms with Crippen molar-refractivity contribution in [1.29, 1.82) is 0 Å². The second-order valence-electron chi connectivity index (χ2n) is 4.44. The van der Waals surface area contributed by atoms with Crippen LogP contribution >= 0.6 is 0 Å². The molecule has 0 saturated carbocycles. The number of aryl methyl sites for hydroxylation is 1. The molecule has 0 fully saturated rings. The molecule has 3 atom stereocenters. The summed E-state index contributed by atoms with van der Waals surface area (Å²) in [4.78, 5) is 0. The Labute approximate surface area is 92.9 Å². The molecule has 3 nitrogen and oxygen atoms in total. The van der Waals surface area contributed by atoms with Crippen molar-refractivity contribution in [3.63, 3.8) is 0 Å². The molecule has 0 saturated heterocycles. The van der Waals surface area contributed by atoms with Gasteiger partial charge in [-0.1, -0.05) is 20.3 Å². The van der Waals surface area contributed by atoms with Crippen molar-refractivity contribution < 1.29 is 0 Å². The number of nitrogens with zero attached hydrogens (tertiary/aromatic N) is 2. The highest BCUT2D eigenvalue weighted by Crippen LogP contribution is 2.15. The lowest BCUT2D eigenvalue weighted by atomic mass is 10.00. The fourth-order valence-corrected chi connectivity index (χ4v) is 1.81. The van der Waals surface area contributed by atoms with E-state index >= 15 is 0 Å². The Morgan fingerprint density at radius 3 is 2.53 bits per heavy atom. The molecule has 0 radical (unpaired) electrons. The molecule has 1 heterocycles. The molecular formula is C12H23N3. The largest absolute Gasteiger partial charge is 0.306 e. The second kappa shape index (κ2) is 5.31. The first-order valence-electron chi connectivity index (χ1n) is 5.80. The molecule has 0 aromatic carbocycles. The van der Waals surface area contributed by atoms with Gasteiger partial charge < -0.3 is 5.32 Å². The third-order valence-electron chi connectivity index (χ3n) is 3.31. The van der Waals surface area contributed by atoms with E-state index in [-0.39, 0.29) is 0 Å². The quantitative estimate of drug-likeness (QED) is 0.807. The lowest BCUT2D eigenvalue weighted by Gasteiger charge is -2.24. The molecule has 1 aromatic heterocycles. The van der Waals surface area contributed by atoms with Crippen LogP contribution < -0.4 is 5.32 Å². The van der Waals surface area contributed by atoms with Crippen LogP contribution in [0, 0.1) is 5.92 Å².